The van der Waals surface area contributed by atoms with Gasteiger partial charge in [-0.15, -0.1) is 22.9 Å². The Labute approximate surface area is 136 Å². The summed E-state index contributed by atoms with van der Waals surface area (Å²) in [7, 11) is 2.09. The lowest BCUT2D eigenvalue weighted by molar-refractivity contribution is -0.0769. The van der Waals surface area contributed by atoms with E-state index in [1.807, 2.05) is 5.38 Å². The zero-order valence-corrected chi connectivity index (χ0v) is 14.3. The molecule has 1 saturated heterocycles. The van der Waals surface area contributed by atoms with Crippen molar-refractivity contribution in [3.05, 3.63) is 16.1 Å². The van der Waals surface area contributed by atoms with Gasteiger partial charge in [-0.1, -0.05) is 0 Å². The monoisotopic (exact) mass is 332 g/mol. The first-order valence-corrected chi connectivity index (χ1v) is 9.01. The maximum atomic E-state index is 10.5. The Morgan fingerprint density at radius 1 is 1.43 bits per heavy atom. The number of aliphatic hydroxyl groups is 1. The fraction of sp³-hybridized carbons (Fsp3) is 0.800. The molecule has 0 unspecified atom stereocenters. The van der Waals surface area contributed by atoms with Gasteiger partial charge in [-0.25, -0.2) is 4.98 Å². The van der Waals surface area contributed by atoms with Gasteiger partial charge in [0.15, 0.2) is 0 Å². The summed E-state index contributed by atoms with van der Waals surface area (Å²) in [4.78, 5) is 6.70. The number of unbranched alkanes of at least 4 members (excludes halogenated alkanes) is 1. The van der Waals surface area contributed by atoms with Crippen LogP contribution in [0.25, 0.3) is 0 Å². The number of thiazole rings is 1. The van der Waals surface area contributed by atoms with Crippen molar-refractivity contribution in [1.29, 1.82) is 0 Å². The highest BCUT2D eigenvalue weighted by atomic mass is 35.5. The number of hydrogen-bond donors (Lipinski definition) is 1. The Kier molecular flexibility index (Phi) is 6.89. The first kappa shape index (κ1) is 17.2. The second kappa shape index (κ2) is 8.44. The lowest BCUT2D eigenvalue weighted by atomic mass is 9.94. The second-order valence-electron chi connectivity index (χ2n) is 5.90. The molecule has 0 bridgehead atoms. The number of halogens is 1. The van der Waals surface area contributed by atoms with Crippen LogP contribution in [0.5, 0.6) is 0 Å². The molecule has 1 aromatic rings. The van der Waals surface area contributed by atoms with E-state index >= 15 is 0 Å². The third-order valence-electron chi connectivity index (χ3n) is 3.90. The summed E-state index contributed by atoms with van der Waals surface area (Å²) in [5, 5.41) is 13.7. The summed E-state index contributed by atoms with van der Waals surface area (Å²) in [6, 6.07) is 0. The minimum atomic E-state index is -0.558. The van der Waals surface area contributed by atoms with Gasteiger partial charge in [0, 0.05) is 38.0 Å². The molecular formula is C15H25ClN2O2S. The van der Waals surface area contributed by atoms with Crippen molar-refractivity contribution in [2.45, 2.75) is 43.6 Å². The van der Waals surface area contributed by atoms with Gasteiger partial charge < -0.3 is 14.7 Å². The lowest BCUT2D eigenvalue weighted by Crippen LogP contribution is -2.45. The van der Waals surface area contributed by atoms with Crippen LogP contribution in [0.3, 0.4) is 0 Å². The minimum absolute atomic E-state index is 0.502. The van der Waals surface area contributed by atoms with Gasteiger partial charge in [0.2, 0.25) is 0 Å². The number of aromatic nitrogens is 1. The Hall–Kier alpha value is -0.200. The van der Waals surface area contributed by atoms with Crippen molar-refractivity contribution in [3.63, 3.8) is 0 Å². The van der Waals surface area contributed by atoms with E-state index in [2.05, 4.69) is 16.9 Å². The maximum absolute atomic E-state index is 10.5. The summed E-state index contributed by atoms with van der Waals surface area (Å²) < 4.78 is 5.31. The molecule has 1 fully saturated rings. The zero-order valence-electron chi connectivity index (χ0n) is 12.7. The molecule has 1 aromatic heterocycles. The van der Waals surface area contributed by atoms with Gasteiger partial charge in [-0.05, 0) is 32.9 Å². The minimum Gasteiger partial charge on any atom is -0.388 e. The highest BCUT2D eigenvalue weighted by Gasteiger charge is 2.30. The van der Waals surface area contributed by atoms with Crippen molar-refractivity contribution < 1.29 is 9.84 Å². The van der Waals surface area contributed by atoms with Crippen LogP contribution >= 0.6 is 22.9 Å². The quantitative estimate of drug-likeness (QED) is 0.587. The molecular weight excluding hydrogens is 308 g/mol. The highest BCUT2D eigenvalue weighted by Crippen LogP contribution is 2.21. The molecule has 0 amide bonds. The Balaban J connectivity index is 1.61. The average Bonchev–Trinajstić information content (AvgIpc) is 2.92. The smallest absolute Gasteiger partial charge is 0.0928 e. The first-order valence-electron chi connectivity index (χ1n) is 7.59. The summed E-state index contributed by atoms with van der Waals surface area (Å²) in [6.07, 6.45) is 4.77. The van der Waals surface area contributed by atoms with Crippen LogP contribution in [0.2, 0.25) is 0 Å². The van der Waals surface area contributed by atoms with Crippen LogP contribution < -0.4 is 0 Å². The van der Waals surface area contributed by atoms with Gasteiger partial charge in [0.1, 0.15) is 0 Å². The van der Waals surface area contributed by atoms with E-state index in [0.29, 0.717) is 19.1 Å². The molecule has 1 aliphatic rings. The van der Waals surface area contributed by atoms with Crippen molar-refractivity contribution >= 4 is 22.9 Å². The molecule has 21 heavy (non-hydrogen) atoms. The predicted molar refractivity (Wildman–Crippen MR) is 87.1 cm³/mol. The van der Waals surface area contributed by atoms with Crippen LogP contribution in [-0.2, 0) is 17.0 Å². The summed E-state index contributed by atoms with van der Waals surface area (Å²) in [6.45, 7) is 3.11. The van der Waals surface area contributed by atoms with E-state index in [1.165, 1.54) is 5.01 Å². The molecule has 0 atom stereocenters. The first-order chi connectivity index (χ1) is 10.1. The predicted octanol–water partition coefficient (Wildman–Crippen LogP) is 2.68. The van der Waals surface area contributed by atoms with Crippen molar-refractivity contribution in [2.24, 2.45) is 0 Å². The highest BCUT2D eigenvalue weighted by molar-refractivity contribution is 7.09. The maximum Gasteiger partial charge on any atom is 0.0928 e. The fourth-order valence-electron chi connectivity index (χ4n) is 2.67. The molecule has 6 heteroatoms. The largest absolute Gasteiger partial charge is 0.388 e. The summed E-state index contributed by atoms with van der Waals surface area (Å²) >= 11 is 7.45. The van der Waals surface area contributed by atoms with Crippen LogP contribution in [0.1, 0.15) is 36.4 Å². The van der Waals surface area contributed by atoms with E-state index in [1.54, 1.807) is 11.3 Å². The number of likely N-dealkylation sites (N-methyl/N-ethyl adjacent to an activating group) is 1. The number of aryl methyl sites for hydroxylation is 1. The van der Waals surface area contributed by atoms with Crippen molar-refractivity contribution in [1.82, 2.24) is 9.88 Å². The number of hydrogen-bond acceptors (Lipinski definition) is 5. The molecule has 2 heterocycles. The van der Waals surface area contributed by atoms with Crippen molar-refractivity contribution in [3.8, 4) is 0 Å². The van der Waals surface area contributed by atoms with Gasteiger partial charge in [0.05, 0.1) is 22.2 Å². The van der Waals surface area contributed by atoms with Gasteiger partial charge in [0.25, 0.3) is 0 Å². The Morgan fingerprint density at radius 2 is 2.19 bits per heavy atom. The molecule has 0 aromatic carbocycles. The molecule has 120 valence electrons. The van der Waals surface area contributed by atoms with E-state index in [0.717, 1.165) is 50.9 Å². The second-order valence-corrected chi connectivity index (χ2v) is 7.11. The van der Waals surface area contributed by atoms with Gasteiger partial charge in [-0.3, -0.25) is 0 Å². The molecule has 4 nitrogen and oxygen atoms in total. The Morgan fingerprint density at radius 3 is 2.86 bits per heavy atom. The van der Waals surface area contributed by atoms with Crippen molar-refractivity contribution in [2.75, 3.05) is 33.4 Å². The zero-order chi connectivity index (χ0) is 15.1. The third kappa shape index (κ3) is 5.83. The van der Waals surface area contributed by atoms with Gasteiger partial charge >= 0.3 is 0 Å². The number of alkyl halides is 1. The molecule has 0 radical (unpaired) electrons. The van der Waals surface area contributed by atoms with Crippen LogP contribution in [0.4, 0.5) is 0 Å². The van der Waals surface area contributed by atoms with Gasteiger partial charge in [-0.2, -0.15) is 0 Å². The van der Waals surface area contributed by atoms with Crippen LogP contribution in [0.15, 0.2) is 5.38 Å². The summed E-state index contributed by atoms with van der Waals surface area (Å²) in [5.41, 5.74) is 0.424. The van der Waals surface area contributed by atoms with E-state index < -0.39 is 5.60 Å². The van der Waals surface area contributed by atoms with Crippen LogP contribution in [-0.4, -0.2) is 53.9 Å². The normalized spacial score (nSPS) is 18.3. The number of rotatable bonds is 8. The Bertz CT molecular complexity index is 422. The molecule has 1 N–H and O–H groups in total. The van der Waals surface area contributed by atoms with E-state index in [-0.39, 0.29) is 0 Å². The topological polar surface area (TPSA) is 45.6 Å². The van der Waals surface area contributed by atoms with Crippen LogP contribution in [0, 0.1) is 0 Å². The standard InChI is InChI=1S/C15H25ClN2O2S/c1-18(12-15(19)5-8-20-9-6-15)7-3-2-4-14-17-13(10-16)11-21-14/h11,19H,2-10,12H2,1H3. The molecule has 0 saturated carbocycles. The fourth-order valence-corrected chi connectivity index (χ4v) is 3.74. The molecule has 2 rings (SSSR count). The lowest BCUT2D eigenvalue weighted by Gasteiger charge is -2.35. The molecule has 1 aliphatic heterocycles. The molecule has 0 spiro atoms. The molecule has 0 aliphatic carbocycles. The summed E-state index contributed by atoms with van der Waals surface area (Å²) in [5.74, 6) is 0.502. The number of ether oxygens (including phenoxy) is 1. The average molecular weight is 333 g/mol. The SMILES string of the molecule is CN(CCCCc1nc(CCl)cs1)CC1(O)CCOCC1. The van der Waals surface area contributed by atoms with E-state index in [4.69, 9.17) is 16.3 Å². The third-order valence-corrected chi connectivity index (χ3v) is 5.14. The number of nitrogens with zero attached hydrogens (tertiary/aromatic N) is 2. The van der Waals surface area contributed by atoms with E-state index in [9.17, 15) is 5.11 Å².